The number of benzene rings is 1. The lowest BCUT2D eigenvalue weighted by Gasteiger charge is -2.23. The minimum absolute atomic E-state index is 0.270. The van der Waals surface area contributed by atoms with E-state index in [9.17, 15) is 12.8 Å². The zero-order valence-corrected chi connectivity index (χ0v) is 14.2. The predicted octanol–water partition coefficient (Wildman–Crippen LogP) is 4.01. The first-order chi connectivity index (χ1) is 9.97. The van der Waals surface area contributed by atoms with Crippen LogP contribution in [0.2, 0.25) is 0 Å². The highest BCUT2D eigenvalue weighted by Gasteiger charge is 2.28. The SMILES string of the molecule is O=S(=O)(NC1CCCc2sccc21)c1ccc(Br)cc1F. The number of fused-ring (bicyclic) bond motifs is 1. The molecule has 1 unspecified atom stereocenters. The van der Waals surface area contributed by atoms with Gasteiger partial charge in [0, 0.05) is 15.4 Å². The standard InChI is InChI=1S/C14H13BrFNO2S2/c15-9-4-5-14(11(16)8-9)21(18,19)17-12-2-1-3-13-10(12)6-7-20-13/h4-8,12,17H,1-3H2. The van der Waals surface area contributed by atoms with E-state index in [0.29, 0.717) is 4.47 Å². The van der Waals surface area contributed by atoms with Gasteiger partial charge < -0.3 is 0 Å². The number of aryl methyl sites for hydroxylation is 1. The Morgan fingerprint density at radius 1 is 1.33 bits per heavy atom. The topological polar surface area (TPSA) is 46.2 Å². The molecule has 1 N–H and O–H groups in total. The fraction of sp³-hybridized carbons (Fsp3) is 0.286. The van der Waals surface area contributed by atoms with Gasteiger partial charge in [-0.25, -0.2) is 17.5 Å². The van der Waals surface area contributed by atoms with Gasteiger partial charge in [-0.2, -0.15) is 0 Å². The molecule has 1 aromatic carbocycles. The number of sulfonamides is 1. The van der Waals surface area contributed by atoms with Crippen LogP contribution in [0, 0.1) is 5.82 Å². The van der Waals surface area contributed by atoms with Crippen LogP contribution in [0.25, 0.3) is 0 Å². The lowest BCUT2D eigenvalue weighted by molar-refractivity contribution is 0.505. The van der Waals surface area contributed by atoms with Gasteiger partial charge in [-0.05, 0) is 54.5 Å². The molecule has 2 aromatic rings. The van der Waals surface area contributed by atoms with Crippen molar-refractivity contribution < 1.29 is 12.8 Å². The molecule has 1 heterocycles. The van der Waals surface area contributed by atoms with Gasteiger partial charge in [0.25, 0.3) is 0 Å². The van der Waals surface area contributed by atoms with Gasteiger partial charge in [0.1, 0.15) is 10.7 Å². The number of hydrogen-bond acceptors (Lipinski definition) is 3. The molecule has 0 spiro atoms. The fourth-order valence-corrected chi connectivity index (χ4v) is 5.18. The van der Waals surface area contributed by atoms with Gasteiger partial charge in [-0.1, -0.05) is 15.9 Å². The van der Waals surface area contributed by atoms with Crippen LogP contribution in [0.15, 0.2) is 39.0 Å². The Balaban J connectivity index is 1.91. The number of thiophene rings is 1. The Kier molecular flexibility index (Phi) is 4.18. The Bertz CT molecular complexity index is 773. The highest BCUT2D eigenvalue weighted by atomic mass is 79.9. The van der Waals surface area contributed by atoms with E-state index in [1.54, 1.807) is 11.3 Å². The predicted molar refractivity (Wildman–Crippen MR) is 84.4 cm³/mol. The van der Waals surface area contributed by atoms with Crippen molar-refractivity contribution in [1.82, 2.24) is 4.72 Å². The van der Waals surface area contributed by atoms with Crippen LogP contribution < -0.4 is 4.72 Å². The average Bonchev–Trinajstić information content (AvgIpc) is 2.87. The van der Waals surface area contributed by atoms with Crippen molar-refractivity contribution in [1.29, 1.82) is 0 Å². The maximum Gasteiger partial charge on any atom is 0.244 e. The molecule has 3 nitrogen and oxygen atoms in total. The molecule has 0 amide bonds. The molecule has 0 fully saturated rings. The van der Waals surface area contributed by atoms with E-state index in [2.05, 4.69) is 20.7 Å². The summed E-state index contributed by atoms with van der Waals surface area (Å²) in [5.74, 6) is -0.752. The summed E-state index contributed by atoms with van der Waals surface area (Å²) in [5.41, 5.74) is 1.02. The maximum atomic E-state index is 13.9. The third-order valence-electron chi connectivity index (χ3n) is 3.53. The third-order valence-corrected chi connectivity index (χ3v) is 6.53. The van der Waals surface area contributed by atoms with Crippen LogP contribution in [-0.4, -0.2) is 8.42 Å². The molecule has 0 radical (unpaired) electrons. The second kappa shape index (κ2) is 5.79. The molecule has 0 saturated heterocycles. The summed E-state index contributed by atoms with van der Waals surface area (Å²) >= 11 is 4.76. The van der Waals surface area contributed by atoms with Crippen LogP contribution in [-0.2, 0) is 16.4 Å². The third kappa shape index (κ3) is 3.06. The zero-order valence-electron chi connectivity index (χ0n) is 11.0. The highest BCUT2D eigenvalue weighted by molar-refractivity contribution is 9.10. The van der Waals surface area contributed by atoms with Gasteiger partial charge in [-0.3, -0.25) is 0 Å². The van der Waals surface area contributed by atoms with Crippen LogP contribution in [0.4, 0.5) is 4.39 Å². The lowest BCUT2D eigenvalue weighted by Crippen LogP contribution is -2.31. The molecule has 1 atom stereocenters. The van der Waals surface area contributed by atoms with Gasteiger partial charge >= 0.3 is 0 Å². The van der Waals surface area contributed by atoms with E-state index in [0.717, 1.165) is 30.9 Å². The number of halogens is 2. The molecule has 112 valence electrons. The minimum Gasteiger partial charge on any atom is -0.207 e. The minimum atomic E-state index is -3.87. The molecule has 0 bridgehead atoms. The second-order valence-corrected chi connectivity index (χ2v) is 8.54. The number of hydrogen-bond donors (Lipinski definition) is 1. The Hall–Kier alpha value is -0.760. The molecule has 21 heavy (non-hydrogen) atoms. The van der Waals surface area contributed by atoms with Gasteiger partial charge in [0.15, 0.2) is 0 Å². The molecular formula is C14H13BrFNO2S2. The van der Waals surface area contributed by atoms with Crippen LogP contribution in [0.5, 0.6) is 0 Å². The Morgan fingerprint density at radius 2 is 2.14 bits per heavy atom. The molecular weight excluding hydrogens is 377 g/mol. The molecule has 1 aliphatic rings. The van der Waals surface area contributed by atoms with Crippen molar-refractivity contribution in [3.63, 3.8) is 0 Å². The van der Waals surface area contributed by atoms with Gasteiger partial charge in [0.2, 0.25) is 10.0 Å². The van der Waals surface area contributed by atoms with Gasteiger partial charge in [0.05, 0.1) is 0 Å². The molecule has 7 heteroatoms. The summed E-state index contributed by atoms with van der Waals surface area (Å²) in [6, 6.07) is 5.64. The van der Waals surface area contributed by atoms with Crippen molar-refractivity contribution >= 4 is 37.3 Å². The molecule has 0 aliphatic heterocycles. The summed E-state index contributed by atoms with van der Waals surface area (Å²) in [6.45, 7) is 0. The van der Waals surface area contributed by atoms with E-state index in [1.165, 1.54) is 17.0 Å². The summed E-state index contributed by atoms with van der Waals surface area (Å²) in [7, 11) is -3.87. The van der Waals surface area contributed by atoms with Crippen LogP contribution >= 0.6 is 27.3 Å². The molecule has 0 saturated carbocycles. The highest BCUT2D eigenvalue weighted by Crippen LogP contribution is 2.34. The normalized spacial score (nSPS) is 18.5. The van der Waals surface area contributed by atoms with E-state index in [4.69, 9.17) is 0 Å². The van der Waals surface area contributed by atoms with E-state index in [-0.39, 0.29) is 10.9 Å². The molecule has 1 aliphatic carbocycles. The van der Waals surface area contributed by atoms with Crippen molar-refractivity contribution in [2.45, 2.75) is 30.2 Å². The first-order valence-electron chi connectivity index (χ1n) is 6.51. The fourth-order valence-electron chi connectivity index (χ4n) is 2.55. The average molecular weight is 390 g/mol. The summed E-state index contributed by atoms with van der Waals surface area (Å²) in [6.07, 6.45) is 2.66. The first kappa shape index (κ1) is 15.1. The smallest absolute Gasteiger partial charge is 0.207 e. The van der Waals surface area contributed by atoms with Crippen molar-refractivity contribution in [2.75, 3.05) is 0 Å². The number of rotatable bonds is 3. The summed E-state index contributed by atoms with van der Waals surface area (Å²) in [4.78, 5) is 0.901. The quantitative estimate of drug-likeness (QED) is 0.861. The molecule has 3 rings (SSSR count). The van der Waals surface area contributed by atoms with E-state index >= 15 is 0 Å². The maximum absolute atomic E-state index is 13.9. The summed E-state index contributed by atoms with van der Waals surface area (Å²) in [5, 5.41) is 1.97. The lowest BCUT2D eigenvalue weighted by atomic mass is 9.95. The van der Waals surface area contributed by atoms with Crippen LogP contribution in [0.3, 0.4) is 0 Å². The van der Waals surface area contributed by atoms with Gasteiger partial charge in [-0.15, -0.1) is 11.3 Å². The zero-order chi connectivity index (χ0) is 15.0. The summed E-state index contributed by atoms with van der Waals surface area (Å²) < 4.78 is 41.8. The van der Waals surface area contributed by atoms with Crippen molar-refractivity contribution in [2.24, 2.45) is 0 Å². The largest absolute Gasteiger partial charge is 0.244 e. The van der Waals surface area contributed by atoms with Crippen LogP contribution in [0.1, 0.15) is 29.3 Å². The Labute approximate surface area is 135 Å². The van der Waals surface area contributed by atoms with Crippen molar-refractivity contribution in [3.05, 3.63) is 50.4 Å². The van der Waals surface area contributed by atoms with Crippen molar-refractivity contribution in [3.8, 4) is 0 Å². The second-order valence-electron chi connectivity index (χ2n) is 4.94. The van der Waals surface area contributed by atoms with E-state index < -0.39 is 15.8 Å². The number of nitrogens with one attached hydrogen (secondary N) is 1. The Morgan fingerprint density at radius 3 is 2.90 bits per heavy atom. The first-order valence-corrected chi connectivity index (χ1v) is 9.66. The molecule has 1 aromatic heterocycles. The van der Waals surface area contributed by atoms with E-state index in [1.807, 2.05) is 11.4 Å². The monoisotopic (exact) mass is 389 g/mol.